The summed E-state index contributed by atoms with van der Waals surface area (Å²) in [5, 5.41) is 10.7. The first-order valence-corrected chi connectivity index (χ1v) is 10.3. The van der Waals surface area contributed by atoms with E-state index in [0.29, 0.717) is 11.3 Å². The summed E-state index contributed by atoms with van der Waals surface area (Å²) >= 11 is 0. The molecule has 0 bridgehead atoms. The highest BCUT2D eigenvalue weighted by Gasteiger charge is 2.28. The molecular weight excluding hydrogens is 422 g/mol. The molecule has 4 rings (SSSR count). The molecule has 0 atom stereocenters. The molecule has 0 aliphatic carbocycles. The van der Waals surface area contributed by atoms with Gasteiger partial charge in [0.25, 0.3) is 5.69 Å². The van der Waals surface area contributed by atoms with E-state index in [1.165, 1.54) is 42.0 Å². The van der Waals surface area contributed by atoms with Crippen LogP contribution in [0.3, 0.4) is 0 Å². The Kier molecular flexibility index (Phi) is 5.55. The molecule has 1 aliphatic rings. The number of hydrogen-bond acceptors (Lipinski definition) is 6. The van der Waals surface area contributed by atoms with Crippen molar-refractivity contribution in [1.29, 1.82) is 0 Å². The van der Waals surface area contributed by atoms with Crippen LogP contribution in [0.25, 0.3) is 6.08 Å². The Balaban J connectivity index is 1.50. The molecule has 0 fully saturated rings. The molecule has 0 radical (unpaired) electrons. The van der Waals surface area contributed by atoms with E-state index in [4.69, 9.17) is 9.47 Å². The Morgan fingerprint density at radius 3 is 2.27 bits per heavy atom. The first-order valence-electron chi connectivity index (χ1n) is 10.3. The fourth-order valence-electron chi connectivity index (χ4n) is 3.35. The second-order valence-corrected chi connectivity index (χ2v) is 8.66. The van der Waals surface area contributed by atoms with Crippen molar-refractivity contribution in [2.75, 3.05) is 0 Å². The van der Waals surface area contributed by atoms with Crippen molar-refractivity contribution < 1.29 is 24.0 Å². The summed E-state index contributed by atoms with van der Waals surface area (Å²) in [6.07, 6.45) is 1.68. The lowest BCUT2D eigenvalue weighted by molar-refractivity contribution is -0.384. The highest BCUT2D eigenvalue weighted by molar-refractivity contribution is 6.14. The van der Waals surface area contributed by atoms with Crippen LogP contribution >= 0.6 is 0 Å². The van der Waals surface area contributed by atoms with Gasteiger partial charge in [-0.3, -0.25) is 14.9 Å². The second-order valence-electron chi connectivity index (χ2n) is 8.66. The van der Waals surface area contributed by atoms with Crippen LogP contribution in [0.2, 0.25) is 0 Å². The van der Waals surface area contributed by atoms with Gasteiger partial charge in [-0.2, -0.15) is 0 Å². The summed E-state index contributed by atoms with van der Waals surface area (Å²) in [5.41, 5.74) is 2.47. The van der Waals surface area contributed by atoms with E-state index in [0.717, 1.165) is 5.56 Å². The number of ketones is 1. The van der Waals surface area contributed by atoms with Crippen LogP contribution in [-0.4, -0.2) is 16.7 Å². The first kappa shape index (κ1) is 22.0. The minimum Gasteiger partial charge on any atom is -0.452 e. The molecule has 0 unspecified atom stereocenters. The zero-order valence-corrected chi connectivity index (χ0v) is 18.3. The van der Waals surface area contributed by atoms with Gasteiger partial charge in [0, 0.05) is 18.2 Å². The van der Waals surface area contributed by atoms with E-state index in [1.807, 2.05) is 24.3 Å². The van der Waals surface area contributed by atoms with Gasteiger partial charge in [-0.15, -0.1) is 0 Å². The van der Waals surface area contributed by atoms with Crippen molar-refractivity contribution in [2.45, 2.75) is 26.2 Å². The molecule has 0 saturated carbocycles. The summed E-state index contributed by atoms with van der Waals surface area (Å²) < 4.78 is 11.1. The van der Waals surface area contributed by atoms with Crippen LogP contribution in [0.1, 0.15) is 52.6 Å². The van der Waals surface area contributed by atoms with Gasteiger partial charge in [0.15, 0.2) is 5.76 Å². The van der Waals surface area contributed by atoms with Crippen molar-refractivity contribution in [3.8, 4) is 11.5 Å². The van der Waals surface area contributed by atoms with Crippen molar-refractivity contribution >= 4 is 23.5 Å². The minimum absolute atomic E-state index is 0.0316. The van der Waals surface area contributed by atoms with Gasteiger partial charge in [0.1, 0.15) is 11.5 Å². The monoisotopic (exact) mass is 443 g/mol. The Morgan fingerprint density at radius 1 is 1.00 bits per heavy atom. The second kappa shape index (κ2) is 8.35. The predicted octanol–water partition coefficient (Wildman–Crippen LogP) is 5.73. The van der Waals surface area contributed by atoms with Crippen LogP contribution in [0.4, 0.5) is 5.69 Å². The molecule has 7 heteroatoms. The van der Waals surface area contributed by atoms with Crippen LogP contribution < -0.4 is 9.47 Å². The standard InChI is InChI=1S/C26H21NO6/c1-26(2,3)18-8-4-16(5-9-18)14-23-24(28)21-13-12-20(15-22(21)33-23)32-25(29)17-6-10-19(11-7-17)27(30)31/h4-15H,1-3H3. The number of carbonyl (C=O) groups is 2. The molecule has 33 heavy (non-hydrogen) atoms. The minimum atomic E-state index is -0.677. The molecular formula is C26H21NO6. The lowest BCUT2D eigenvalue weighted by atomic mass is 9.86. The normalized spacial score (nSPS) is 14.0. The van der Waals surface area contributed by atoms with Crippen molar-refractivity contribution in [1.82, 2.24) is 0 Å². The van der Waals surface area contributed by atoms with E-state index in [-0.39, 0.29) is 34.0 Å². The van der Waals surface area contributed by atoms with E-state index in [2.05, 4.69) is 20.8 Å². The van der Waals surface area contributed by atoms with Gasteiger partial charge in [0.2, 0.25) is 5.78 Å². The molecule has 7 nitrogen and oxygen atoms in total. The molecule has 0 amide bonds. The summed E-state index contributed by atoms with van der Waals surface area (Å²) in [6, 6.07) is 17.5. The zero-order valence-electron chi connectivity index (χ0n) is 18.3. The number of carbonyl (C=O) groups excluding carboxylic acids is 2. The van der Waals surface area contributed by atoms with Gasteiger partial charge < -0.3 is 9.47 Å². The average molecular weight is 443 g/mol. The van der Waals surface area contributed by atoms with Crippen molar-refractivity contribution in [3.63, 3.8) is 0 Å². The van der Waals surface area contributed by atoms with Gasteiger partial charge in [-0.1, -0.05) is 45.0 Å². The number of hydrogen-bond donors (Lipinski definition) is 0. The zero-order chi connectivity index (χ0) is 23.8. The van der Waals surface area contributed by atoms with Crippen LogP contribution in [0, 0.1) is 10.1 Å². The Bertz CT molecular complexity index is 1280. The molecule has 0 saturated heterocycles. The predicted molar refractivity (Wildman–Crippen MR) is 123 cm³/mol. The van der Waals surface area contributed by atoms with Gasteiger partial charge in [-0.25, -0.2) is 4.79 Å². The summed E-state index contributed by atoms with van der Waals surface area (Å²) in [7, 11) is 0. The summed E-state index contributed by atoms with van der Waals surface area (Å²) in [6.45, 7) is 6.40. The van der Waals surface area contributed by atoms with Gasteiger partial charge in [0.05, 0.1) is 16.1 Å². The third kappa shape index (κ3) is 4.67. The molecule has 166 valence electrons. The molecule has 0 N–H and O–H groups in total. The smallest absolute Gasteiger partial charge is 0.343 e. The fraction of sp³-hybridized carbons (Fsp3) is 0.154. The van der Waals surface area contributed by atoms with E-state index in [1.54, 1.807) is 12.1 Å². The third-order valence-electron chi connectivity index (χ3n) is 5.24. The van der Waals surface area contributed by atoms with Crippen LogP contribution in [-0.2, 0) is 5.41 Å². The Morgan fingerprint density at radius 2 is 1.67 bits per heavy atom. The largest absolute Gasteiger partial charge is 0.452 e. The molecule has 3 aromatic carbocycles. The van der Waals surface area contributed by atoms with Gasteiger partial charge >= 0.3 is 5.97 Å². The average Bonchev–Trinajstić information content (AvgIpc) is 3.08. The quantitative estimate of drug-likeness (QED) is 0.168. The first-order chi connectivity index (χ1) is 15.6. The van der Waals surface area contributed by atoms with Crippen molar-refractivity contribution in [3.05, 3.63) is 105 Å². The number of allylic oxidation sites excluding steroid dienone is 1. The molecule has 1 aliphatic heterocycles. The Hall–Kier alpha value is -4.26. The van der Waals surface area contributed by atoms with Crippen molar-refractivity contribution in [2.24, 2.45) is 0 Å². The van der Waals surface area contributed by atoms with E-state index in [9.17, 15) is 19.7 Å². The summed E-state index contributed by atoms with van der Waals surface area (Å²) in [5.74, 6) is -0.249. The molecule has 1 heterocycles. The maximum atomic E-state index is 12.7. The maximum absolute atomic E-state index is 12.7. The number of non-ortho nitro benzene ring substituents is 1. The molecule has 0 aromatic heterocycles. The maximum Gasteiger partial charge on any atom is 0.343 e. The topological polar surface area (TPSA) is 95.7 Å². The molecule has 3 aromatic rings. The number of rotatable bonds is 4. The van der Waals surface area contributed by atoms with Crippen LogP contribution in [0.5, 0.6) is 11.5 Å². The number of nitro groups is 1. The van der Waals surface area contributed by atoms with E-state index >= 15 is 0 Å². The van der Waals surface area contributed by atoms with Gasteiger partial charge in [-0.05, 0) is 46.9 Å². The SMILES string of the molecule is CC(C)(C)c1ccc(C=C2Oc3cc(OC(=O)c4ccc([N+](=O)[O-])cc4)ccc3C2=O)cc1. The lowest BCUT2D eigenvalue weighted by Crippen LogP contribution is -2.10. The number of benzene rings is 3. The van der Waals surface area contributed by atoms with E-state index < -0.39 is 10.9 Å². The number of nitrogens with zero attached hydrogens (tertiary/aromatic N) is 1. The third-order valence-corrected chi connectivity index (χ3v) is 5.24. The summed E-state index contributed by atoms with van der Waals surface area (Å²) in [4.78, 5) is 35.3. The number of nitro benzene ring substituents is 1. The number of Topliss-reactive ketones (excluding diaryl/α,β-unsaturated/α-hetero) is 1. The number of fused-ring (bicyclic) bond motifs is 1. The lowest BCUT2D eigenvalue weighted by Gasteiger charge is -2.18. The number of esters is 1. The highest BCUT2D eigenvalue weighted by atomic mass is 16.6. The molecule has 0 spiro atoms. The highest BCUT2D eigenvalue weighted by Crippen LogP contribution is 2.35. The Labute approximate surface area is 190 Å². The number of ether oxygens (including phenoxy) is 2. The van der Waals surface area contributed by atoms with Crippen LogP contribution in [0.15, 0.2) is 72.5 Å². The fourth-order valence-corrected chi connectivity index (χ4v) is 3.35.